The van der Waals surface area contributed by atoms with Gasteiger partial charge in [0.25, 0.3) is 0 Å². The summed E-state index contributed by atoms with van der Waals surface area (Å²) in [6.07, 6.45) is 3.83. The highest BCUT2D eigenvalue weighted by Gasteiger charge is 2.44. The summed E-state index contributed by atoms with van der Waals surface area (Å²) in [6, 6.07) is 0.147. The number of hydrogen-bond acceptors (Lipinski definition) is 5. The summed E-state index contributed by atoms with van der Waals surface area (Å²) >= 11 is 0. The monoisotopic (exact) mass is 367 g/mol. The quantitative estimate of drug-likeness (QED) is 0.724. The molecule has 2 saturated heterocycles. The Kier molecular flexibility index (Phi) is 6.50. The first-order valence-electron chi connectivity index (χ1n) is 9.02. The lowest BCUT2D eigenvalue weighted by Crippen LogP contribution is -2.53. The first-order chi connectivity index (χ1) is 12.2. The van der Waals surface area contributed by atoms with Gasteiger partial charge in [-0.05, 0) is 46.5 Å². The highest BCUT2D eigenvalue weighted by molar-refractivity contribution is 5.82. The van der Waals surface area contributed by atoms with Gasteiger partial charge in [0.05, 0.1) is 0 Å². The number of nitrogens with zero attached hydrogens (tertiary/aromatic N) is 1. The van der Waals surface area contributed by atoms with Gasteiger partial charge in [-0.15, -0.1) is 0 Å². The molecule has 1 unspecified atom stereocenters. The second kappa shape index (κ2) is 8.42. The van der Waals surface area contributed by atoms with Crippen molar-refractivity contribution in [1.29, 1.82) is 0 Å². The van der Waals surface area contributed by atoms with Crippen molar-refractivity contribution in [3.63, 3.8) is 0 Å². The van der Waals surface area contributed by atoms with Crippen LogP contribution in [0.3, 0.4) is 0 Å². The third kappa shape index (κ3) is 5.64. The first-order valence-corrected chi connectivity index (χ1v) is 9.02. The van der Waals surface area contributed by atoms with Gasteiger partial charge in [-0.3, -0.25) is 4.79 Å². The van der Waals surface area contributed by atoms with Crippen LogP contribution < -0.4 is 10.6 Å². The van der Waals surface area contributed by atoms with Crippen LogP contribution in [0, 0.1) is 0 Å². The number of carbonyl (C=O) groups is 3. The third-order valence-corrected chi connectivity index (χ3v) is 4.43. The Morgan fingerprint density at radius 2 is 1.81 bits per heavy atom. The van der Waals surface area contributed by atoms with Crippen LogP contribution in [0.1, 0.15) is 46.5 Å². The number of carbonyl (C=O) groups excluding carboxylic acids is 3. The van der Waals surface area contributed by atoms with Crippen molar-refractivity contribution in [3.05, 3.63) is 12.7 Å². The lowest BCUT2D eigenvalue weighted by atomic mass is 9.98. The smallest absolute Gasteiger partial charge is 0.410 e. The Morgan fingerprint density at radius 1 is 1.19 bits per heavy atom. The van der Waals surface area contributed by atoms with E-state index < -0.39 is 11.7 Å². The molecule has 0 spiro atoms. The molecule has 0 aromatic heterocycles. The number of ether oxygens (including phenoxy) is 2. The maximum atomic E-state index is 12.1. The highest BCUT2D eigenvalue weighted by atomic mass is 16.6. The van der Waals surface area contributed by atoms with Gasteiger partial charge in [0.1, 0.15) is 18.8 Å². The van der Waals surface area contributed by atoms with Crippen LogP contribution in [0.2, 0.25) is 0 Å². The standard InChI is InChI=1S/C18H29N3O5/c1-5-8-25-17(24)21-13-6-7-14(21)10-12(9-13)20-15(22)11-19-16(23)26-18(2,3)4/h5,12-14H,1,6-11H2,2-4H3,(H,19,23)(H,20,22)/t12?,13-,14+. The topological polar surface area (TPSA) is 97.0 Å². The van der Waals surface area contributed by atoms with Gasteiger partial charge < -0.3 is 25.0 Å². The summed E-state index contributed by atoms with van der Waals surface area (Å²) in [4.78, 5) is 37.6. The number of hydrogen-bond donors (Lipinski definition) is 2. The molecule has 2 aliphatic heterocycles. The Bertz CT molecular complexity index is 544. The third-order valence-electron chi connectivity index (χ3n) is 4.43. The molecule has 2 N–H and O–H groups in total. The van der Waals surface area contributed by atoms with E-state index in [9.17, 15) is 14.4 Å². The van der Waals surface area contributed by atoms with E-state index in [1.54, 1.807) is 31.7 Å². The van der Waals surface area contributed by atoms with E-state index in [0.717, 1.165) is 12.8 Å². The van der Waals surface area contributed by atoms with E-state index >= 15 is 0 Å². The fourth-order valence-electron chi connectivity index (χ4n) is 3.54. The van der Waals surface area contributed by atoms with Crippen molar-refractivity contribution >= 4 is 18.1 Å². The van der Waals surface area contributed by atoms with Crippen LogP contribution in [0.4, 0.5) is 9.59 Å². The van der Waals surface area contributed by atoms with Crippen molar-refractivity contribution < 1.29 is 23.9 Å². The lowest BCUT2D eigenvalue weighted by molar-refractivity contribution is -0.121. The fraction of sp³-hybridized carbons (Fsp3) is 0.722. The maximum Gasteiger partial charge on any atom is 0.410 e. The molecule has 8 heteroatoms. The predicted molar refractivity (Wildman–Crippen MR) is 95.6 cm³/mol. The molecule has 2 bridgehead atoms. The molecule has 0 radical (unpaired) electrons. The van der Waals surface area contributed by atoms with E-state index in [1.807, 2.05) is 0 Å². The van der Waals surface area contributed by atoms with Gasteiger partial charge in [0.2, 0.25) is 5.91 Å². The van der Waals surface area contributed by atoms with Gasteiger partial charge >= 0.3 is 12.2 Å². The Balaban J connectivity index is 1.77. The second-order valence-corrected chi connectivity index (χ2v) is 7.75. The van der Waals surface area contributed by atoms with Crippen molar-refractivity contribution in [1.82, 2.24) is 15.5 Å². The second-order valence-electron chi connectivity index (χ2n) is 7.75. The molecule has 2 fully saturated rings. The largest absolute Gasteiger partial charge is 0.445 e. The molecule has 3 atom stereocenters. The maximum absolute atomic E-state index is 12.1. The van der Waals surface area contributed by atoms with Crippen LogP contribution in [-0.4, -0.2) is 59.9 Å². The molecule has 0 aromatic carbocycles. The SMILES string of the molecule is C=CCOC(=O)N1[C@@H]2CC[C@H]1CC(NC(=O)CNC(=O)OC(C)(C)C)C2. The summed E-state index contributed by atoms with van der Waals surface area (Å²) in [6.45, 7) is 8.89. The van der Waals surface area contributed by atoms with E-state index in [4.69, 9.17) is 9.47 Å². The molecule has 2 heterocycles. The molecule has 2 rings (SSSR count). The van der Waals surface area contributed by atoms with E-state index in [2.05, 4.69) is 17.2 Å². The average molecular weight is 367 g/mol. The van der Waals surface area contributed by atoms with Crippen molar-refractivity contribution in [3.8, 4) is 0 Å². The summed E-state index contributed by atoms with van der Waals surface area (Å²) in [5.41, 5.74) is -0.604. The average Bonchev–Trinajstić information content (AvgIpc) is 2.80. The molecule has 0 aliphatic carbocycles. The van der Waals surface area contributed by atoms with Gasteiger partial charge in [0.15, 0.2) is 0 Å². The summed E-state index contributed by atoms with van der Waals surface area (Å²) in [7, 11) is 0. The molecule has 0 aromatic rings. The fourth-order valence-corrected chi connectivity index (χ4v) is 3.54. The lowest BCUT2D eigenvalue weighted by Gasteiger charge is -2.38. The van der Waals surface area contributed by atoms with Gasteiger partial charge in [0, 0.05) is 18.1 Å². The molecule has 0 saturated carbocycles. The summed E-state index contributed by atoms with van der Waals surface area (Å²) in [5, 5.41) is 5.39. The molecular weight excluding hydrogens is 338 g/mol. The van der Waals surface area contributed by atoms with Crippen LogP contribution in [0.25, 0.3) is 0 Å². The van der Waals surface area contributed by atoms with Gasteiger partial charge in [-0.1, -0.05) is 12.7 Å². The molecule has 8 nitrogen and oxygen atoms in total. The summed E-state index contributed by atoms with van der Waals surface area (Å²) in [5.74, 6) is -0.261. The van der Waals surface area contributed by atoms with Crippen molar-refractivity contribution in [2.24, 2.45) is 0 Å². The molecule has 3 amide bonds. The zero-order chi connectivity index (χ0) is 19.3. The van der Waals surface area contributed by atoms with E-state index in [0.29, 0.717) is 12.8 Å². The van der Waals surface area contributed by atoms with Gasteiger partial charge in [-0.2, -0.15) is 0 Å². The highest BCUT2D eigenvalue weighted by Crippen LogP contribution is 2.36. The van der Waals surface area contributed by atoms with E-state index in [1.165, 1.54) is 0 Å². The number of rotatable bonds is 5. The number of alkyl carbamates (subject to hydrolysis) is 1. The number of amides is 3. The molecular formula is C18H29N3O5. The van der Waals surface area contributed by atoms with Crippen LogP contribution >= 0.6 is 0 Å². The number of nitrogens with one attached hydrogen (secondary N) is 2. The number of fused-ring (bicyclic) bond motifs is 2. The van der Waals surface area contributed by atoms with Crippen LogP contribution in [0.5, 0.6) is 0 Å². The normalized spacial score (nSPS) is 24.6. The molecule has 146 valence electrons. The number of piperidine rings is 1. The minimum atomic E-state index is -0.618. The molecule has 26 heavy (non-hydrogen) atoms. The van der Waals surface area contributed by atoms with E-state index in [-0.39, 0.29) is 43.3 Å². The zero-order valence-electron chi connectivity index (χ0n) is 15.7. The van der Waals surface area contributed by atoms with Crippen molar-refractivity contribution in [2.75, 3.05) is 13.2 Å². The predicted octanol–water partition coefficient (Wildman–Crippen LogP) is 1.95. The first kappa shape index (κ1) is 20.1. The van der Waals surface area contributed by atoms with Crippen LogP contribution in [0.15, 0.2) is 12.7 Å². The Hall–Kier alpha value is -2.25. The molecule has 2 aliphatic rings. The van der Waals surface area contributed by atoms with Crippen LogP contribution in [-0.2, 0) is 14.3 Å². The van der Waals surface area contributed by atoms with Crippen molar-refractivity contribution in [2.45, 2.75) is 70.2 Å². The summed E-state index contributed by atoms with van der Waals surface area (Å²) < 4.78 is 10.3. The Labute approximate surface area is 154 Å². The minimum Gasteiger partial charge on any atom is -0.445 e. The van der Waals surface area contributed by atoms with Gasteiger partial charge in [-0.25, -0.2) is 9.59 Å². The Morgan fingerprint density at radius 3 is 2.35 bits per heavy atom. The zero-order valence-corrected chi connectivity index (χ0v) is 15.7. The minimum absolute atomic E-state index is 0.0103.